The molecule has 3 rings (SSSR count). The zero-order valence-corrected chi connectivity index (χ0v) is 15.9. The number of anilines is 2. The van der Waals surface area contributed by atoms with Gasteiger partial charge in [-0.15, -0.1) is 0 Å². The van der Waals surface area contributed by atoms with E-state index in [4.69, 9.17) is 9.47 Å². The lowest BCUT2D eigenvalue weighted by Gasteiger charge is -2.29. The summed E-state index contributed by atoms with van der Waals surface area (Å²) in [6, 6.07) is 6.25. The number of carbonyl (C=O) groups is 1. The van der Waals surface area contributed by atoms with Crippen molar-refractivity contribution in [2.75, 3.05) is 29.1 Å². The number of rotatable bonds is 5. The number of para-hydroxylation sites is 1. The Kier molecular flexibility index (Phi) is 5.41. The Balaban J connectivity index is 1.93. The van der Waals surface area contributed by atoms with Crippen LogP contribution in [-0.4, -0.2) is 39.8 Å². The molecule has 2 aromatic rings. The Hall–Kier alpha value is -2.88. The lowest BCUT2D eigenvalue weighted by molar-refractivity contribution is -0.116. The Labute approximate surface area is 160 Å². The predicted octanol–water partition coefficient (Wildman–Crippen LogP) is 2.53. The van der Waals surface area contributed by atoms with Crippen molar-refractivity contribution >= 4 is 27.3 Å². The van der Waals surface area contributed by atoms with E-state index in [-0.39, 0.29) is 5.69 Å². The minimum atomic E-state index is -3.91. The van der Waals surface area contributed by atoms with Crippen molar-refractivity contribution in [2.45, 2.75) is 13.0 Å². The van der Waals surface area contributed by atoms with E-state index in [9.17, 15) is 22.0 Å². The second-order valence-corrected chi connectivity index (χ2v) is 8.01. The fourth-order valence-corrected chi connectivity index (χ4v) is 3.99. The molecule has 0 spiro atoms. The van der Waals surface area contributed by atoms with E-state index in [0.29, 0.717) is 24.7 Å². The summed E-state index contributed by atoms with van der Waals surface area (Å²) in [5.41, 5.74) is -0.488. The summed E-state index contributed by atoms with van der Waals surface area (Å²) >= 11 is 0. The maximum Gasteiger partial charge on any atom is 0.248 e. The number of benzene rings is 2. The average Bonchev–Trinajstić information content (AvgIpc) is 2.63. The fourth-order valence-electron chi connectivity index (χ4n) is 2.82. The largest absolute Gasteiger partial charge is 0.486 e. The average molecular weight is 412 g/mol. The quantitative estimate of drug-likeness (QED) is 0.816. The lowest BCUT2D eigenvalue weighted by Crippen LogP contribution is -2.45. The van der Waals surface area contributed by atoms with Crippen molar-refractivity contribution in [1.82, 2.24) is 0 Å². The molecule has 0 saturated heterocycles. The molecule has 0 unspecified atom stereocenters. The van der Waals surface area contributed by atoms with Crippen LogP contribution in [0.15, 0.2) is 36.4 Å². The van der Waals surface area contributed by atoms with Crippen molar-refractivity contribution in [2.24, 2.45) is 0 Å². The highest BCUT2D eigenvalue weighted by atomic mass is 32.2. The number of fused-ring (bicyclic) bond motifs is 1. The van der Waals surface area contributed by atoms with E-state index in [2.05, 4.69) is 5.32 Å². The van der Waals surface area contributed by atoms with Crippen molar-refractivity contribution in [3.8, 4) is 11.5 Å². The molecule has 1 N–H and O–H groups in total. The Morgan fingerprint density at radius 2 is 1.71 bits per heavy atom. The summed E-state index contributed by atoms with van der Waals surface area (Å²) in [7, 11) is -3.91. The van der Waals surface area contributed by atoms with Gasteiger partial charge >= 0.3 is 0 Å². The molecule has 1 aliphatic heterocycles. The van der Waals surface area contributed by atoms with Gasteiger partial charge in [0, 0.05) is 6.07 Å². The van der Waals surface area contributed by atoms with Gasteiger partial charge in [-0.25, -0.2) is 17.2 Å². The summed E-state index contributed by atoms with van der Waals surface area (Å²) < 4.78 is 64.0. The zero-order valence-electron chi connectivity index (χ0n) is 15.1. The maximum absolute atomic E-state index is 13.8. The molecule has 1 amide bonds. The van der Waals surface area contributed by atoms with Gasteiger partial charge in [-0.3, -0.25) is 9.10 Å². The maximum atomic E-state index is 13.8. The number of halogens is 2. The van der Waals surface area contributed by atoms with Crippen molar-refractivity contribution < 1.29 is 31.5 Å². The van der Waals surface area contributed by atoms with Crippen LogP contribution in [0.5, 0.6) is 11.5 Å². The summed E-state index contributed by atoms with van der Waals surface area (Å²) in [6.07, 6.45) is 0.928. The second kappa shape index (κ2) is 7.63. The molecule has 0 radical (unpaired) electrons. The molecule has 10 heteroatoms. The van der Waals surface area contributed by atoms with Crippen LogP contribution >= 0.6 is 0 Å². The van der Waals surface area contributed by atoms with Gasteiger partial charge in [-0.2, -0.15) is 0 Å². The third-order valence-electron chi connectivity index (χ3n) is 4.08. The minimum absolute atomic E-state index is 0.156. The molecule has 1 heterocycles. The molecule has 7 nitrogen and oxygen atoms in total. The van der Waals surface area contributed by atoms with Crippen LogP contribution in [0.1, 0.15) is 6.92 Å². The first kappa shape index (κ1) is 19.9. The molecule has 0 fully saturated rings. The molecule has 2 aromatic carbocycles. The second-order valence-electron chi connectivity index (χ2n) is 6.15. The first-order valence-corrected chi connectivity index (χ1v) is 10.2. The van der Waals surface area contributed by atoms with E-state index >= 15 is 0 Å². The van der Waals surface area contributed by atoms with E-state index in [1.165, 1.54) is 25.1 Å². The van der Waals surface area contributed by atoms with Gasteiger partial charge in [0.05, 0.1) is 11.9 Å². The standard InChI is InChI=1S/C18H18F2N2O5S/c1-11(18(23)21-17-13(19)4-3-5-14(17)20)22(28(2,24)25)12-6-7-15-16(10-12)27-9-8-26-15/h3-7,10-11H,8-9H2,1-2H3,(H,21,23)/t11-/m1/s1. The van der Waals surface area contributed by atoms with Gasteiger partial charge in [-0.05, 0) is 31.2 Å². The van der Waals surface area contributed by atoms with Crippen LogP contribution in [0.2, 0.25) is 0 Å². The van der Waals surface area contributed by atoms with Gasteiger partial charge in [0.15, 0.2) is 11.5 Å². The Morgan fingerprint density at radius 3 is 2.32 bits per heavy atom. The summed E-state index contributed by atoms with van der Waals surface area (Å²) in [4.78, 5) is 12.6. The van der Waals surface area contributed by atoms with Crippen molar-refractivity contribution in [1.29, 1.82) is 0 Å². The van der Waals surface area contributed by atoms with Crippen molar-refractivity contribution in [3.05, 3.63) is 48.0 Å². The molecular weight excluding hydrogens is 394 g/mol. The van der Waals surface area contributed by atoms with Crippen LogP contribution in [-0.2, 0) is 14.8 Å². The monoisotopic (exact) mass is 412 g/mol. The molecular formula is C18H18F2N2O5S. The molecule has 28 heavy (non-hydrogen) atoms. The SMILES string of the molecule is C[C@H](C(=O)Nc1c(F)cccc1F)N(c1ccc2c(c1)OCCO2)S(C)(=O)=O. The normalized spacial score (nSPS) is 14.3. The topological polar surface area (TPSA) is 84.9 Å². The highest BCUT2D eigenvalue weighted by Crippen LogP contribution is 2.35. The van der Waals surface area contributed by atoms with Crippen LogP contribution in [0.4, 0.5) is 20.2 Å². The van der Waals surface area contributed by atoms with E-state index < -0.39 is 39.3 Å². The minimum Gasteiger partial charge on any atom is -0.486 e. The van der Waals surface area contributed by atoms with Crippen LogP contribution in [0.3, 0.4) is 0 Å². The Morgan fingerprint density at radius 1 is 1.11 bits per heavy atom. The number of nitrogens with zero attached hydrogens (tertiary/aromatic N) is 1. The van der Waals surface area contributed by atoms with Gasteiger partial charge in [0.1, 0.15) is 36.6 Å². The molecule has 150 valence electrons. The highest BCUT2D eigenvalue weighted by molar-refractivity contribution is 7.92. The number of sulfonamides is 1. The van der Waals surface area contributed by atoms with E-state index in [1.54, 1.807) is 0 Å². The van der Waals surface area contributed by atoms with Gasteiger partial charge < -0.3 is 14.8 Å². The van der Waals surface area contributed by atoms with Crippen LogP contribution < -0.4 is 19.1 Å². The number of carbonyl (C=O) groups excluding carboxylic acids is 1. The smallest absolute Gasteiger partial charge is 0.248 e. The number of nitrogens with one attached hydrogen (secondary N) is 1. The van der Waals surface area contributed by atoms with Gasteiger partial charge in [0.25, 0.3) is 0 Å². The molecule has 0 aromatic heterocycles. The molecule has 0 bridgehead atoms. The molecule has 0 aliphatic carbocycles. The number of hydrogen-bond acceptors (Lipinski definition) is 5. The molecule has 0 saturated carbocycles. The molecule has 1 aliphatic rings. The van der Waals surface area contributed by atoms with E-state index in [0.717, 1.165) is 28.8 Å². The number of hydrogen-bond donors (Lipinski definition) is 1. The number of amides is 1. The first-order valence-electron chi connectivity index (χ1n) is 8.32. The van der Waals surface area contributed by atoms with Crippen LogP contribution in [0, 0.1) is 11.6 Å². The lowest BCUT2D eigenvalue weighted by atomic mass is 10.2. The first-order chi connectivity index (χ1) is 13.2. The zero-order chi connectivity index (χ0) is 20.5. The summed E-state index contributed by atoms with van der Waals surface area (Å²) in [5.74, 6) is -2.04. The fraction of sp³-hybridized carbons (Fsp3) is 0.278. The summed E-state index contributed by atoms with van der Waals surface area (Å²) in [6.45, 7) is 1.99. The number of ether oxygens (including phenoxy) is 2. The van der Waals surface area contributed by atoms with E-state index in [1.807, 2.05) is 0 Å². The summed E-state index contributed by atoms with van der Waals surface area (Å²) in [5, 5.41) is 2.11. The van der Waals surface area contributed by atoms with Crippen LogP contribution in [0.25, 0.3) is 0 Å². The predicted molar refractivity (Wildman–Crippen MR) is 99.2 cm³/mol. The van der Waals surface area contributed by atoms with Gasteiger partial charge in [0.2, 0.25) is 15.9 Å². The third kappa shape index (κ3) is 4.01. The molecule has 1 atom stereocenters. The Bertz CT molecular complexity index is 993. The van der Waals surface area contributed by atoms with Crippen molar-refractivity contribution in [3.63, 3.8) is 0 Å². The van der Waals surface area contributed by atoms with Gasteiger partial charge in [-0.1, -0.05) is 6.07 Å². The third-order valence-corrected chi connectivity index (χ3v) is 5.32. The highest BCUT2D eigenvalue weighted by Gasteiger charge is 2.31.